The van der Waals surface area contributed by atoms with Crippen molar-refractivity contribution >= 4 is 22.8 Å². The number of ether oxygens (including phenoxy) is 2. The molecule has 0 amide bonds. The van der Waals surface area contributed by atoms with Gasteiger partial charge >= 0.3 is 11.7 Å². The van der Waals surface area contributed by atoms with Gasteiger partial charge in [0.2, 0.25) is 0 Å². The number of hydrogen-bond donors (Lipinski definition) is 1. The monoisotopic (exact) mass is 426 g/mol. The van der Waals surface area contributed by atoms with Gasteiger partial charge in [-0.15, -0.1) is 0 Å². The molecule has 0 saturated heterocycles. The zero-order chi connectivity index (χ0) is 22.5. The maximum atomic E-state index is 12.9. The van der Waals surface area contributed by atoms with Crippen molar-refractivity contribution in [2.45, 2.75) is 40.0 Å². The lowest BCUT2D eigenvalue weighted by Gasteiger charge is -2.14. The van der Waals surface area contributed by atoms with Crippen LogP contribution in [0.4, 0.5) is 0 Å². The minimum Gasteiger partial charge on any atom is -0.491 e. The van der Waals surface area contributed by atoms with Crippen molar-refractivity contribution in [2.75, 3.05) is 13.2 Å². The van der Waals surface area contributed by atoms with E-state index < -0.39 is 12.1 Å². The number of aryl methyl sites for hydroxylation is 1. The third kappa shape index (κ3) is 4.86. The van der Waals surface area contributed by atoms with E-state index in [4.69, 9.17) is 9.47 Å². The first kappa shape index (κ1) is 22.3. The molecule has 8 heteroatoms. The standard InChI is InChI=1S/C23H26N2O6/c1-4-24-20-10-9-17(22(28)30-5-2)12-21(20)25(23(24)29)13-18(27)14-31-19-8-6-7-16(11-19)15(3)26/h6-12,18,27H,4-5,13-14H2,1-3H3. The Morgan fingerprint density at radius 2 is 1.81 bits per heavy atom. The molecule has 2 aromatic carbocycles. The molecule has 0 bridgehead atoms. The van der Waals surface area contributed by atoms with E-state index in [0.29, 0.717) is 34.5 Å². The van der Waals surface area contributed by atoms with Crippen molar-refractivity contribution in [3.05, 3.63) is 64.1 Å². The van der Waals surface area contributed by atoms with Crippen molar-refractivity contribution in [1.29, 1.82) is 0 Å². The van der Waals surface area contributed by atoms with Crippen molar-refractivity contribution in [2.24, 2.45) is 0 Å². The van der Waals surface area contributed by atoms with E-state index in [9.17, 15) is 19.5 Å². The average molecular weight is 426 g/mol. The molecule has 8 nitrogen and oxygen atoms in total. The third-order valence-electron chi connectivity index (χ3n) is 4.92. The number of aromatic nitrogens is 2. The van der Waals surface area contributed by atoms with Crippen LogP contribution in [0.1, 0.15) is 41.5 Å². The van der Waals surface area contributed by atoms with E-state index in [0.717, 1.165) is 0 Å². The van der Waals surface area contributed by atoms with Gasteiger partial charge in [0.1, 0.15) is 18.5 Å². The van der Waals surface area contributed by atoms with Crippen LogP contribution in [-0.2, 0) is 17.8 Å². The number of benzene rings is 2. The molecular weight excluding hydrogens is 400 g/mol. The van der Waals surface area contributed by atoms with Gasteiger partial charge in [-0.3, -0.25) is 13.9 Å². The Labute approximate surface area is 179 Å². The molecule has 0 aliphatic rings. The van der Waals surface area contributed by atoms with Crippen LogP contribution in [0.2, 0.25) is 0 Å². The number of hydrogen-bond acceptors (Lipinski definition) is 6. The molecule has 0 aliphatic carbocycles. The number of nitrogens with zero attached hydrogens (tertiary/aromatic N) is 2. The number of imidazole rings is 1. The van der Waals surface area contributed by atoms with Crippen molar-refractivity contribution in [1.82, 2.24) is 9.13 Å². The van der Waals surface area contributed by atoms with Gasteiger partial charge in [-0.1, -0.05) is 12.1 Å². The van der Waals surface area contributed by atoms with Crippen LogP contribution >= 0.6 is 0 Å². The SMILES string of the molecule is CCOC(=O)c1ccc2c(c1)n(CC(O)COc1cccc(C(C)=O)c1)c(=O)n2CC. The van der Waals surface area contributed by atoms with Gasteiger partial charge in [-0.2, -0.15) is 0 Å². The number of aliphatic hydroxyl groups is 1. The summed E-state index contributed by atoms with van der Waals surface area (Å²) < 4.78 is 13.7. The summed E-state index contributed by atoms with van der Waals surface area (Å²) in [5, 5.41) is 10.5. The molecule has 164 valence electrons. The van der Waals surface area contributed by atoms with Crippen molar-refractivity contribution in [3.63, 3.8) is 0 Å². The van der Waals surface area contributed by atoms with E-state index in [1.165, 1.54) is 11.5 Å². The second-order valence-electron chi connectivity index (χ2n) is 7.11. The predicted molar refractivity (Wildman–Crippen MR) is 116 cm³/mol. The number of carbonyl (C=O) groups excluding carboxylic acids is 2. The van der Waals surface area contributed by atoms with Crippen molar-refractivity contribution < 1.29 is 24.2 Å². The highest BCUT2D eigenvalue weighted by molar-refractivity contribution is 5.94. The van der Waals surface area contributed by atoms with E-state index in [-0.39, 0.29) is 31.2 Å². The fourth-order valence-electron chi connectivity index (χ4n) is 3.40. The fourth-order valence-corrected chi connectivity index (χ4v) is 3.40. The Morgan fingerprint density at radius 3 is 2.48 bits per heavy atom. The number of esters is 1. The molecule has 0 aliphatic heterocycles. The van der Waals surface area contributed by atoms with Gasteiger partial charge in [-0.05, 0) is 51.1 Å². The van der Waals surface area contributed by atoms with Crippen LogP contribution in [0.3, 0.4) is 0 Å². The summed E-state index contributed by atoms with van der Waals surface area (Å²) in [7, 11) is 0. The zero-order valence-electron chi connectivity index (χ0n) is 17.8. The van der Waals surface area contributed by atoms with Gasteiger partial charge < -0.3 is 14.6 Å². The smallest absolute Gasteiger partial charge is 0.338 e. The predicted octanol–water partition coefficient (Wildman–Crippen LogP) is 2.64. The van der Waals surface area contributed by atoms with Crippen LogP contribution < -0.4 is 10.4 Å². The summed E-state index contributed by atoms with van der Waals surface area (Å²) in [4.78, 5) is 36.5. The molecule has 1 aromatic heterocycles. The quantitative estimate of drug-likeness (QED) is 0.417. The molecule has 3 aromatic rings. The molecule has 1 atom stereocenters. The van der Waals surface area contributed by atoms with Crippen LogP contribution in [0.15, 0.2) is 47.3 Å². The molecule has 31 heavy (non-hydrogen) atoms. The highest BCUT2D eigenvalue weighted by Crippen LogP contribution is 2.18. The topological polar surface area (TPSA) is 99.8 Å². The molecule has 0 radical (unpaired) electrons. The van der Waals surface area contributed by atoms with Gasteiger partial charge in [0, 0.05) is 12.1 Å². The largest absolute Gasteiger partial charge is 0.491 e. The van der Waals surface area contributed by atoms with Crippen LogP contribution in [0.25, 0.3) is 11.0 Å². The maximum absolute atomic E-state index is 12.9. The molecule has 3 rings (SSSR count). The molecule has 1 unspecified atom stereocenters. The molecule has 0 fully saturated rings. The van der Waals surface area contributed by atoms with Crippen LogP contribution in [0, 0.1) is 0 Å². The Hall–Kier alpha value is -3.39. The van der Waals surface area contributed by atoms with E-state index in [1.54, 1.807) is 54.0 Å². The lowest BCUT2D eigenvalue weighted by atomic mass is 10.1. The fraction of sp³-hybridized carbons (Fsp3) is 0.348. The minimum atomic E-state index is -0.985. The lowest BCUT2D eigenvalue weighted by molar-refractivity contribution is 0.0526. The first-order chi connectivity index (χ1) is 14.8. The normalized spacial score (nSPS) is 12.0. The summed E-state index contributed by atoms with van der Waals surface area (Å²) in [6.07, 6.45) is -0.985. The van der Waals surface area contributed by atoms with Gasteiger partial charge in [0.05, 0.1) is 29.7 Å². The number of fused-ring (bicyclic) bond motifs is 1. The highest BCUT2D eigenvalue weighted by atomic mass is 16.5. The van der Waals surface area contributed by atoms with Crippen LogP contribution in [0.5, 0.6) is 5.75 Å². The van der Waals surface area contributed by atoms with Crippen molar-refractivity contribution in [3.8, 4) is 5.75 Å². The summed E-state index contributed by atoms with van der Waals surface area (Å²) >= 11 is 0. The second-order valence-corrected chi connectivity index (χ2v) is 7.11. The second kappa shape index (κ2) is 9.61. The number of carbonyl (C=O) groups is 2. The number of ketones is 1. The number of Topliss-reactive ketones (excluding diaryl/α,β-unsaturated/α-hetero) is 1. The molecule has 0 saturated carbocycles. The Bertz CT molecular complexity index is 1160. The molecule has 0 spiro atoms. The number of aliphatic hydroxyl groups excluding tert-OH is 1. The zero-order valence-corrected chi connectivity index (χ0v) is 17.8. The summed E-state index contributed by atoms with van der Waals surface area (Å²) in [5.74, 6) is -0.0936. The minimum absolute atomic E-state index is 0.0129. The Balaban J connectivity index is 1.84. The van der Waals surface area contributed by atoms with Gasteiger partial charge in [-0.25, -0.2) is 9.59 Å². The third-order valence-corrected chi connectivity index (χ3v) is 4.92. The summed E-state index contributed by atoms with van der Waals surface area (Å²) in [6.45, 7) is 5.67. The Kier molecular flexibility index (Phi) is 6.91. The van der Waals surface area contributed by atoms with E-state index in [1.807, 2.05) is 6.92 Å². The van der Waals surface area contributed by atoms with E-state index >= 15 is 0 Å². The lowest BCUT2D eigenvalue weighted by Crippen LogP contribution is -2.31. The summed E-state index contributed by atoms with van der Waals surface area (Å²) in [6, 6.07) is 11.6. The van der Waals surface area contributed by atoms with E-state index in [2.05, 4.69) is 0 Å². The first-order valence-electron chi connectivity index (χ1n) is 10.2. The molecule has 1 heterocycles. The average Bonchev–Trinajstić information content (AvgIpc) is 3.02. The molecule has 1 N–H and O–H groups in total. The van der Waals surface area contributed by atoms with Gasteiger partial charge in [0.15, 0.2) is 5.78 Å². The maximum Gasteiger partial charge on any atom is 0.338 e. The Morgan fingerprint density at radius 1 is 1.03 bits per heavy atom. The molecular formula is C23H26N2O6. The van der Waals surface area contributed by atoms with Crippen LogP contribution in [-0.4, -0.2) is 45.3 Å². The summed E-state index contributed by atoms with van der Waals surface area (Å²) in [5.41, 5.74) is 1.78. The number of rotatable bonds is 9. The highest BCUT2D eigenvalue weighted by Gasteiger charge is 2.18. The van der Waals surface area contributed by atoms with Gasteiger partial charge in [0.25, 0.3) is 0 Å². The first-order valence-corrected chi connectivity index (χ1v) is 10.2.